The highest BCUT2D eigenvalue weighted by molar-refractivity contribution is 5.24. The second-order valence-corrected chi connectivity index (χ2v) is 7.63. The number of aryl methyl sites for hydroxylation is 2. The molecule has 3 heterocycles. The van der Waals surface area contributed by atoms with Crippen molar-refractivity contribution in [1.82, 2.24) is 24.9 Å². The minimum atomic E-state index is 0.0694. The van der Waals surface area contributed by atoms with Gasteiger partial charge >= 0.3 is 0 Å². The lowest BCUT2D eigenvalue weighted by Gasteiger charge is -2.39. The number of aromatic nitrogens is 4. The lowest BCUT2D eigenvalue weighted by molar-refractivity contribution is 0.0762. The van der Waals surface area contributed by atoms with E-state index in [1.165, 1.54) is 29.7 Å². The van der Waals surface area contributed by atoms with Crippen LogP contribution < -0.4 is 5.56 Å². The van der Waals surface area contributed by atoms with Crippen molar-refractivity contribution in [2.75, 3.05) is 13.1 Å². The number of H-pyrrole nitrogens is 1. The molecule has 0 spiro atoms. The summed E-state index contributed by atoms with van der Waals surface area (Å²) in [5, 5.41) is 12.0. The molecule has 126 valence electrons. The summed E-state index contributed by atoms with van der Waals surface area (Å²) in [4.78, 5) is 14.6. The number of rotatable bonds is 5. The number of aromatic amines is 1. The summed E-state index contributed by atoms with van der Waals surface area (Å²) in [7, 11) is 0. The predicted octanol–water partition coefficient (Wildman–Crippen LogP) is 1.46. The zero-order valence-electron chi connectivity index (χ0n) is 13.9. The second-order valence-electron chi connectivity index (χ2n) is 7.63. The van der Waals surface area contributed by atoms with Gasteiger partial charge in [-0.05, 0) is 37.7 Å². The van der Waals surface area contributed by atoms with Gasteiger partial charge in [0.25, 0.3) is 5.56 Å². The first kappa shape index (κ1) is 14.4. The van der Waals surface area contributed by atoms with Crippen LogP contribution in [-0.4, -0.2) is 38.0 Å². The van der Waals surface area contributed by atoms with Gasteiger partial charge in [-0.15, -0.1) is 0 Å². The van der Waals surface area contributed by atoms with E-state index >= 15 is 0 Å². The van der Waals surface area contributed by atoms with Crippen LogP contribution in [0, 0.1) is 5.92 Å². The summed E-state index contributed by atoms with van der Waals surface area (Å²) >= 11 is 0. The van der Waals surface area contributed by atoms with Crippen molar-refractivity contribution in [3.05, 3.63) is 45.1 Å². The maximum absolute atomic E-state index is 12.2. The zero-order chi connectivity index (χ0) is 16.1. The SMILES string of the molecule is O=c1cc2c(nn1CC1CN(Cc3cn[nH]c3C3CC3)C1)CCC2. The van der Waals surface area contributed by atoms with Crippen molar-refractivity contribution < 1.29 is 0 Å². The quantitative estimate of drug-likeness (QED) is 0.904. The highest BCUT2D eigenvalue weighted by atomic mass is 16.1. The second kappa shape index (κ2) is 5.55. The summed E-state index contributed by atoms with van der Waals surface area (Å²) in [6.45, 7) is 3.82. The lowest BCUT2D eigenvalue weighted by atomic mass is 9.99. The van der Waals surface area contributed by atoms with Crippen LogP contribution in [0.15, 0.2) is 17.1 Å². The molecule has 1 saturated carbocycles. The van der Waals surface area contributed by atoms with Gasteiger partial charge in [0.2, 0.25) is 0 Å². The molecule has 0 aromatic carbocycles. The molecule has 2 aliphatic carbocycles. The first-order valence-electron chi connectivity index (χ1n) is 9.10. The maximum Gasteiger partial charge on any atom is 0.267 e. The number of nitrogens with one attached hydrogen (secondary N) is 1. The first-order valence-corrected chi connectivity index (χ1v) is 9.10. The van der Waals surface area contributed by atoms with Gasteiger partial charge in [-0.1, -0.05) is 0 Å². The first-order chi connectivity index (χ1) is 11.8. The van der Waals surface area contributed by atoms with Crippen molar-refractivity contribution in [3.8, 4) is 0 Å². The monoisotopic (exact) mass is 325 g/mol. The van der Waals surface area contributed by atoms with Gasteiger partial charge in [-0.3, -0.25) is 14.8 Å². The number of hydrogen-bond acceptors (Lipinski definition) is 4. The van der Waals surface area contributed by atoms with Crippen LogP contribution in [0.4, 0.5) is 0 Å². The van der Waals surface area contributed by atoms with Gasteiger partial charge in [0.05, 0.1) is 18.4 Å². The van der Waals surface area contributed by atoms with Crippen LogP contribution in [0.5, 0.6) is 0 Å². The smallest absolute Gasteiger partial charge is 0.267 e. The Morgan fingerprint density at radius 3 is 2.96 bits per heavy atom. The van der Waals surface area contributed by atoms with Crippen molar-refractivity contribution in [2.45, 2.75) is 51.1 Å². The van der Waals surface area contributed by atoms with Gasteiger partial charge in [0.15, 0.2) is 0 Å². The molecule has 1 aliphatic heterocycles. The fraction of sp³-hybridized carbons (Fsp3) is 0.611. The molecular formula is C18H23N5O. The Kier molecular flexibility index (Phi) is 3.33. The van der Waals surface area contributed by atoms with Gasteiger partial charge in [0, 0.05) is 48.8 Å². The number of likely N-dealkylation sites (tertiary alicyclic amines) is 1. The van der Waals surface area contributed by atoms with Crippen molar-refractivity contribution in [2.24, 2.45) is 5.92 Å². The average Bonchev–Trinajstić information content (AvgIpc) is 3.10. The fourth-order valence-corrected chi connectivity index (χ4v) is 4.15. The number of fused-ring (bicyclic) bond motifs is 1. The Morgan fingerprint density at radius 1 is 1.25 bits per heavy atom. The zero-order valence-corrected chi connectivity index (χ0v) is 13.9. The van der Waals surface area contributed by atoms with Crippen molar-refractivity contribution in [1.29, 1.82) is 0 Å². The molecule has 1 saturated heterocycles. The predicted molar refractivity (Wildman–Crippen MR) is 89.9 cm³/mol. The van der Waals surface area contributed by atoms with Gasteiger partial charge < -0.3 is 0 Å². The Morgan fingerprint density at radius 2 is 2.12 bits per heavy atom. The summed E-state index contributed by atoms with van der Waals surface area (Å²) in [6.07, 6.45) is 7.75. The molecule has 6 nitrogen and oxygen atoms in total. The molecule has 3 aliphatic rings. The molecule has 0 unspecified atom stereocenters. The van der Waals surface area contributed by atoms with E-state index in [0.29, 0.717) is 11.8 Å². The Bertz CT molecular complexity index is 813. The fourth-order valence-electron chi connectivity index (χ4n) is 4.15. The van der Waals surface area contributed by atoms with Gasteiger partial charge in [-0.25, -0.2) is 4.68 Å². The largest absolute Gasteiger partial charge is 0.298 e. The maximum atomic E-state index is 12.2. The molecule has 2 fully saturated rings. The molecule has 0 amide bonds. The van der Waals surface area contributed by atoms with Crippen molar-refractivity contribution >= 4 is 0 Å². The Balaban J connectivity index is 1.20. The molecule has 0 atom stereocenters. The third-order valence-electron chi connectivity index (χ3n) is 5.62. The van der Waals surface area contributed by atoms with Gasteiger partial charge in [0.1, 0.15) is 0 Å². The highest BCUT2D eigenvalue weighted by Gasteiger charge is 2.32. The van der Waals surface area contributed by atoms with E-state index in [1.807, 2.05) is 6.20 Å². The van der Waals surface area contributed by atoms with Crippen LogP contribution in [0.25, 0.3) is 0 Å². The highest BCUT2D eigenvalue weighted by Crippen LogP contribution is 2.40. The summed E-state index contributed by atoms with van der Waals surface area (Å²) in [6, 6.07) is 1.80. The van der Waals surface area contributed by atoms with E-state index in [2.05, 4.69) is 20.2 Å². The third kappa shape index (κ3) is 2.59. The third-order valence-corrected chi connectivity index (χ3v) is 5.62. The summed E-state index contributed by atoms with van der Waals surface area (Å²) in [5.41, 5.74) is 5.07. The summed E-state index contributed by atoms with van der Waals surface area (Å²) in [5.74, 6) is 1.25. The minimum absolute atomic E-state index is 0.0694. The Labute approximate surface area is 140 Å². The summed E-state index contributed by atoms with van der Waals surface area (Å²) < 4.78 is 1.69. The molecule has 5 rings (SSSR count). The number of hydrogen-bond donors (Lipinski definition) is 1. The van der Waals surface area contributed by atoms with Crippen LogP contribution in [0.1, 0.15) is 47.7 Å². The molecule has 1 N–H and O–H groups in total. The number of nitrogens with zero attached hydrogens (tertiary/aromatic N) is 4. The standard InChI is InChI=1S/C18H23N5O/c24-17-6-14-2-1-3-16(14)21-23(17)10-12-8-22(9-12)11-15-7-19-20-18(15)13-4-5-13/h6-7,12-13H,1-5,8-11H2,(H,19,20). The van der Waals surface area contributed by atoms with E-state index in [-0.39, 0.29) is 5.56 Å². The van der Waals surface area contributed by atoms with E-state index < -0.39 is 0 Å². The van der Waals surface area contributed by atoms with E-state index in [1.54, 1.807) is 10.7 Å². The lowest BCUT2D eigenvalue weighted by Crippen LogP contribution is -2.49. The molecule has 0 bridgehead atoms. The molecule has 6 heteroatoms. The molecule has 0 radical (unpaired) electrons. The van der Waals surface area contributed by atoms with E-state index in [9.17, 15) is 4.79 Å². The van der Waals surface area contributed by atoms with Crippen LogP contribution >= 0.6 is 0 Å². The van der Waals surface area contributed by atoms with E-state index in [0.717, 1.165) is 51.1 Å². The van der Waals surface area contributed by atoms with Crippen LogP contribution in [0.3, 0.4) is 0 Å². The van der Waals surface area contributed by atoms with E-state index in [4.69, 9.17) is 0 Å². The van der Waals surface area contributed by atoms with Crippen molar-refractivity contribution in [3.63, 3.8) is 0 Å². The average molecular weight is 325 g/mol. The Hall–Kier alpha value is -1.95. The molecule has 24 heavy (non-hydrogen) atoms. The normalized spacial score (nSPS) is 21.0. The van der Waals surface area contributed by atoms with Crippen LogP contribution in [-0.2, 0) is 25.9 Å². The topological polar surface area (TPSA) is 66.8 Å². The molecule has 2 aromatic heterocycles. The van der Waals surface area contributed by atoms with Crippen LogP contribution in [0.2, 0.25) is 0 Å². The van der Waals surface area contributed by atoms with Gasteiger partial charge in [-0.2, -0.15) is 10.2 Å². The minimum Gasteiger partial charge on any atom is -0.298 e. The molecular weight excluding hydrogens is 302 g/mol. The molecule has 2 aromatic rings.